The highest BCUT2D eigenvalue weighted by Crippen LogP contribution is 2.35. The highest BCUT2D eigenvalue weighted by molar-refractivity contribution is 9.11. The third-order valence-corrected chi connectivity index (χ3v) is 7.33. The Morgan fingerprint density at radius 3 is 2.47 bits per heavy atom. The lowest BCUT2D eigenvalue weighted by Crippen LogP contribution is -2.19. The maximum atomic E-state index is 13.4. The Kier molecular flexibility index (Phi) is 8.98. The van der Waals surface area contributed by atoms with Crippen LogP contribution in [0.15, 0.2) is 99.0 Å². The van der Waals surface area contributed by atoms with Gasteiger partial charge < -0.3 is 14.5 Å². The average Bonchev–Trinajstić information content (AvgIpc) is 3.38. The topological polar surface area (TPSA) is 136 Å². The Bertz CT molecular complexity index is 1870. The summed E-state index contributed by atoms with van der Waals surface area (Å²) in [6.45, 7) is 2.41. The molecule has 1 amide bonds. The van der Waals surface area contributed by atoms with E-state index in [0.717, 1.165) is 16.5 Å². The number of non-ortho nitro benzene ring substituents is 1. The van der Waals surface area contributed by atoms with Crippen LogP contribution in [-0.4, -0.2) is 34.6 Å². The molecule has 5 rings (SSSR count). The number of nitro benzene ring substituents is 1. The average molecular weight is 706 g/mol. The van der Waals surface area contributed by atoms with Gasteiger partial charge in [0.15, 0.2) is 5.75 Å². The molecular formula is C31H22Br2N4O6. The van der Waals surface area contributed by atoms with Gasteiger partial charge in [-0.3, -0.25) is 14.9 Å². The number of carbonyl (C=O) groups is 2. The molecule has 0 unspecified atom stereocenters. The summed E-state index contributed by atoms with van der Waals surface area (Å²) in [6, 6.07) is 23.5. The van der Waals surface area contributed by atoms with E-state index < -0.39 is 16.8 Å². The first kappa shape index (κ1) is 29.7. The summed E-state index contributed by atoms with van der Waals surface area (Å²) >= 11 is 6.81. The highest BCUT2D eigenvalue weighted by Gasteiger charge is 2.20. The number of nitro groups is 1. The number of aromatic amines is 1. The molecule has 0 fully saturated rings. The molecule has 0 atom stereocenters. The van der Waals surface area contributed by atoms with Gasteiger partial charge in [-0.15, -0.1) is 0 Å². The van der Waals surface area contributed by atoms with Gasteiger partial charge in [-0.25, -0.2) is 10.2 Å². The van der Waals surface area contributed by atoms with Crippen molar-refractivity contribution in [2.75, 3.05) is 6.61 Å². The number of amides is 1. The van der Waals surface area contributed by atoms with Crippen LogP contribution in [0.4, 0.5) is 5.69 Å². The zero-order valence-corrected chi connectivity index (χ0v) is 25.6. The number of benzene rings is 4. The molecule has 0 spiro atoms. The van der Waals surface area contributed by atoms with Gasteiger partial charge in [0, 0.05) is 38.6 Å². The van der Waals surface area contributed by atoms with Crippen LogP contribution in [0, 0.1) is 10.1 Å². The van der Waals surface area contributed by atoms with Crippen molar-refractivity contribution in [3.05, 3.63) is 121 Å². The van der Waals surface area contributed by atoms with E-state index in [1.54, 1.807) is 12.1 Å². The first-order chi connectivity index (χ1) is 20.7. The number of nitrogens with one attached hydrogen (secondary N) is 2. The molecule has 1 heterocycles. The normalized spacial score (nSPS) is 11.0. The number of esters is 1. The number of nitrogens with zero attached hydrogens (tertiary/aromatic N) is 2. The van der Waals surface area contributed by atoms with E-state index in [4.69, 9.17) is 9.47 Å². The quantitative estimate of drug-likeness (QED) is 0.0532. The third kappa shape index (κ3) is 6.65. The van der Waals surface area contributed by atoms with Gasteiger partial charge in [0.05, 0.1) is 27.8 Å². The van der Waals surface area contributed by atoms with Crippen LogP contribution >= 0.6 is 31.9 Å². The standard InChI is InChI=1S/C31H22Br2N4O6/c1-2-42-23-12-13-26-24(16-23)27(18-6-4-3-5-7-18)28(35-26)30(38)36-34-17-20-14-21(32)15-25(33)29(20)43-31(39)19-8-10-22(11-9-19)37(40)41/h3-17,35H,2H2,1H3,(H,36,38). The van der Waals surface area contributed by atoms with E-state index in [-0.39, 0.29) is 17.0 Å². The number of hydrogen-bond donors (Lipinski definition) is 2. The largest absolute Gasteiger partial charge is 0.494 e. The second kappa shape index (κ2) is 13.0. The Labute approximate surface area is 262 Å². The van der Waals surface area contributed by atoms with E-state index >= 15 is 0 Å². The number of hydrazone groups is 1. The molecule has 0 aliphatic rings. The van der Waals surface area contributed by atoms with E-state index in [1.807, 2.05) is 55.5 Å². The monoisotopic (exact) mass is 704 g/mol. The number of rotatable bonds is 9. The minimum atomic E-state index is -0.728. The van der Waals surface area contributed by atoms with E-state index in [9.17, 15) is 19.7 Å². The fourth-order valence-corrected chi connectivity index (χ4v) is 5.71. The van der Waals surface area contributed by atoms with Gasteiger partial charge in [-0.1, -0.05) is 46.3 Å². The number of halogens is 2. The lowest BCUT2D eigenvalue weighted by Gasteiger charge is -2.10. The number of hydrogen-bond acceptors (Lipinski definition) is 7. The maximum absolute atomic E-state index is 13.4. The first-order valence-electron chi connectivity index (χ1n) is 12.9. The van der Waals surface area contributed by atoms with E-state index in [0.29, 0.717) is 38.1 Å². The lowest BCUT2D eigenvalue weighted by atomic mass is 10.0. The Hall–Kier alpha value is -4.81. The van der Waals surface area contributed by atoms with Gasteiger partial charge in [-0.05, 0) is 70.9 Å². The van der Waals surface area contributed by atoms with E-state index in [1.165, 1.54) is 30.5 Å². The van der Waals surface area contributed by atoms with Gasteiger partial charge in [0.2, 0.25) is 0 Å². The molecule has 12 heteroatoms. The summed E-state index contributed by atoms with van der Waals surface area (Å²) in [5.74, 6) is -0.382. The van der Waals surface area contributed by atoms with Crippen LogP contribution < -0.4 is 14.9 Å². The zero-order valence-electron chi connectivity index (χ0n) is 22.5. The van der Waals surface area contributed by atoms with Crippen molar-refractivity contribution in [3.8, 4) is 22.6 Å². The van der Waals surface area contributed by atoms with E-state index in [2.05, 4.69) is 47.4 Å². The predicted molar refractivity (Wildman–Crippen MR) is 170 cm³/mol. The zero-order chi connectivity index (χ0) is 30.5. The molecule has 2 N–H and O–H groups in total. The summed E-state index contributed by atoms with van der Waals surface area (Å²) < 4.78 is 12.4. The number of ether oxygens (including phenoxy) is 2. The van der Waals surface area contributed by atoms with Gasteiger partial charge in [0.25, 0.3) is 11.6 Å². The van der Waals surface area contributed by atoms with Crippen molar-refractivity contribution in [3.63, 3.8) is 0 Å². The lowest BCUT2D eigenvalue weighted by molar-refractivity contribution is -0.384. The van der Waals surface area contributed by atoms with Crippen molar-refractivity contribution < 1.29 is 24.0 Å². The number of aromatic nitrogens is 1. The van der Waals surface area contributed by atoms with Crippen LogP contribution in [0.2, 0.25) is 0 Å². The van der Waals surface area contributed by atoms with Crippen molar-refractivity contribution in [1.29, 1.82) is 0 Å². The highest BCUT2D eigenvalue weighted by atomic mass is 79.9. The molecule has 0 aliphatic carbocycles. The molecule has 1 aromatic heterocycles. The second-order valence-electron chi connectivity index (χ2n) is 9.08. The smallest absolute Gasteiger partial charge is 0.343 e. The molecule has 0 aliphatic heterocycles. The molecule has 0 bridgehead atoms. The minimum Gasteiger partial charge on any atom is -0.494 e. The SMILES string of the molecule is CCOc1ccc2[nH]c(C(=O)NN=Cc3cc(Br)cc(Br)c3OC(=O)c3ccc([N+](=O)[O-])cc3)c(-c3ccccc3)c2c1. The van der Waals surface area contributed by atoms with Gasteiger partial charge in [0.1, 0.15) is 11.4 Å². The van der Waals surface area contributed by atoms with Crippen molar-refractivity contribution >= 4 is 66.5 Å². The maximum Gasteiger partial charge on any atom is 0.343 e. The molecule has 4 aromatic carbocycles. The van der Waals surface area contributed by atoms with Crippen LogP contribution in [0.25, 0.3) is 22.0 Å². The number of fused-ring (bicyclic) bond motifs is 1. The molecular weight excluding hydrogens is 684 g/mol. The molecule has 43 heavy (non-hydrogen) atoms. The molecule has 10 nitrogen and oxygen atoms in total. The van der Waals surface area contributed by atoms with Crippen LogP contribution in [0.1, 0.15) is 33.3 Å². The number of carbonyl (C=O) groups excluding carboxylic acids is 2. The van der Waals surface area contributed by atoms with Gasteiger partial charge in [-0.2, -0.15) is 5.10 Å². The van der Waals surface area contributed by atoms with Gasteiger partial charge >= 0.3 is 5.97 Å². The number of H-pyrrole nitrogens is 1. The summed E-state index contributed by atoms with van der Waals surface area (Å²) in [6.07, 6.45) is 1.35. The molecule has 216 valence electrons. The van der Waals surface area contributed by atoms with Crippen LogP contribution in [-0.2, 0) is 0 Å². The summed E-state index contributed by atoms with van der Waals surface area (Å²) in [4.78, 5) is 39.8. The van der Waals surface area contributed by atoms with Crippen molar-refractivity contribution in [1.82, 2.24) is 10.4 Å². The summed E-state index contributed by atoms with van der Waals surface area (Å²) in [5, 5.41) is 15.9. The Morgan fingerprint density at radius 1 is 1.02 bits per heavy atom. The minimum absolute atomic E-state index is 0.122. The van der Waals surface area contributed by atoms with Crippen LogP contribution in [0.3, 0.4) is 0 Å². The third-order valence-electron chi connectivity index (χ3n) is 6.29. The fourth-order valence-electron chi connectivity index (χ4n) is 4.37. The van der Waals surface area contributed by atoms with Crippen molar-refractivity contribution in [2.24, 2.45) is 5.10 Å². The molecule has 5 aromatic rings. The predicted octanol–water partition coefficient (Wildman–Crippen LogP) is 7.65. The first-order valence-corrected chi connectivity index (χ1v) is 14.5. The fraction of sp³-hybridized carbons (Fsp3) is 0.0645. The Balaban J connectivity index is 1.42. The van der Waals surface area contributed by atoms with Crippen molar-refractivity contribution in [2.45, 2.75) is 6.92 Å². The Morgan fingerprint density at radius 2 is 1.77 bits per heavy atom. The molecule has 0 saturated carbocycles. The second-order valence-corrected chi connectivity index (χ2v) is 10.9. The molecule has 0 saturated heterocycles. The van der Waals surface area contributed by atoms with Crippen LogP contribution in [0.5, 0.6) is 11.5 Å². The molecule has 0 radical (unpaired) electrons. The summed E-state index contributed by atoms with van der Waals surface area (Å²) in [5.41, 5.74) is 5.52. The summed E-state index contributed by atoms with van der Waals surface area (Å²) in [7, 11) is 0.